The summed E-state index contributed by atoms with van der Waals surface area (Å²) in [6.45, 7) is 0.569. The molecule has 2 unspecified atom stereocenters. The van der Waals surface area contributed by atoms with Gasteiger partial charge in [0.1, 0.15) is 11.6 Å². The number of amides is 2. The highest BCUT2D eigenvalue weighted by molar-refractivity contribution is 7.89. The molecule has 0 aliphatic carbocycles. The smallest absolute Gasteiger partial charge is 0.262 e. The second-order valence-corrected chi connectivity index (χ2v) is 12.5. The summed E-state index contributed by atoms with van der Waals surface area (Å²) in [6, 6.07) is 10.8. The molecule has 1 aliphatic heterocycles. The number of rotatable bonds is 14. The van der Waals surface area contributed by atoms with Crippen molar-refractivity contribution in [3.8, 4) is 0 Å². The third-order valence-corrected chi connectivity index (χ3v) is 8.87. The Morgan fingerprint density at radius 3 is 2.56 bits per heavy atom. The minimum atomic E-state index is -4.07. The van der Waals surface area contributed by atoms with E-state index in [2.05, 4.69) is 20.9 Å². The normalized spacial score (nSPS) is 16.6. The van der Waals surface area contributed by atoms with E-state index in [1.807, 2.05) is 30.3 Å². The van der Waals surface area contributed by atoms with Gasteiger partial charge in [-0.2, -0.15) is 4.31 Å². The Hall–Kier alpha value is -3.72. The molecule has 14 heteroatoms. The van der Waals surface area contributed by atoms with Crippen LogP contribution < -0.4 is 16.0 Å². The average Bonchev–Trinajstić information content (AvgIpc) is 3.65. The number of aliphatic hydroxyl groups excluding tert-OH is 1. The van der Waals surface area contributed by atoms with E-state index < -0.39 is 45.6 Å². The molecular weight excluding hydrogens is 582 g/mol. The van der Waals surface area contributed by atoms with Gasteiger partial charge in [0.05, 0.1) is 24.2 Å². The van der Waals surface area contributed by atoms with Crippen LogP contribution in [-0.2, 0) is 33.1 Å². The quantitative estimate of drug-likeness (QED) is 0.216. The van der Waals surface area contributed by atoms with Crippen molar-refractivity contribution in [2.75, 3.05) is 25.0 Å². The number of benzene rings is 2. The number of anilines is 1. The monoisotopic (exact) mass is 618 g/mol. The summed E-state index contributed by atoms with van der Waals surface area (Å²) < 4.78 is 56.9. The molecule has 1 aromatic heterocycles. The molecule has 0 radical (unpaired) electrons. The Morgan fingerprint density at radius 2 is 1.91 bits per heavy atom. The summed E-state index contributed by atoms with van der Waals surface area (Å²) in [7, 11) is -2.42. The number of nitrogens with one attached hydrogen (secondary N) is 3. The van der Waals surface area contributed by atoms with Gasteiger partial charge in [0, 0.05) is 51.3 Å². The van der Waals surface area contributed by atoms with Gasteiger partial charge in [-0.3, -0.25) is 9.59 Å². The number of nitrogens with zero attached hydrogens (tertiary/aromatic N) is 3. The molecule has 2 amide bonds. The van der Waals surface area contributed by atoms with Crippen LogP contribution in [0.25, 0.3) is 0 Å². The van der Waals surface area contributed by atoms with Gasteiger partial charge in [-0.1, -0.05) is 30.3 Å². The van der Waals surface area contributed by atoms with E-state index in [1.54, 1.807) is 7.05 Å². The molecule has 0 saturated carbocycles. The van der Waals surface area contributed by atoms with Crippen LogP contribution in [0.5, 0.6) is 0 Å². The number of hydrogen-bond donors (Lipinski definition) is 4. The zero-order valence-electron chi connectivity index (χ0n) is 23.7. The maximum atomic E-state index is 13.9. The second-order valence-electron chi connectivity index (χ2n) is 10.6. The molecule has 43 heavy (non-hydrogen) atoms. The lowest BCUT2D eigenvalue weighted by Gasteiger charge is -2.30. The van der Waals surface area contributed by atoms with Crippen molar-refractivity contribution in [2.45, 2.75) is 55.3 Å². The molecule has 3 aromatic rings. The van der Waals surface area contributed by atoms with Crippen LogP contribution in [0.4, 0.5) is 14.5 Å². The van der Waals surface area contributed by atoms with Crippen LogP contribution in [0, 0.1) is 11.6 Å². The first-order chi connectivity index (χ1) is 20.5. The topological polar surface area (TPSA) is 146 Å². The van der Waals surface area contributed by atoms with Crippen LogP contribution in [-0.4, -0.2) is 77.0 Å². The van der Waals surface area contributed by atoms with E-state index in [-0.39, 0.29) is 49.1 Å². The minimum Gasteiger partial charge on any atom is -0.390 e. The van der Waals surface area contributed by atoms with Gasteiger partial charge < -0.3 is 25.6 Å². The number of aliphatic hydroxyl groups is 1. The third kappa shape index (κ3) is 9.13. The summed E-state index contributed by atoms with van der Waals surface area (Å²) >= 11 is 0. The zero-order chi connectivity index (χ0) is 31.0. The largest absolute Gasteiger partial charge is 0.390 e. The van der Waals surface area contributed by atoms with Crippen LogP contribution in [0.2, 0.25) is 0 Å². The summed E-state index contributed by atoms with van der Waals surface area (Å²) in [5.41, 5.74) is 0.586. The number of aryl methyl sites for hydroxylation is 1. The highest BCUT2D eigenvalue weighted by Crippen LogP contribution is 2.19. The molecule has 2 heterocycles. The third-order valence-electron chi connectivity index (χ3n) is 7.16. The Kier molecular flexibility index (Phi) is 11.0. The Balaban J connectivity index is 1.46. The molecular formula is C29H36F2N6O5S. The second kappa shape index (κ2) is 14.6. The highest BCUT2D eigenvalue weighted by atomic mass is 32.2. The summed E-state index contributed by atoms with van der Waals surface area (Å²) in [4.78, 5) is 29.3. The lowest BCUT2D eigenvalue weighted by Crippen LogP contribution is -2.52. The lowest BCUT2D eigenvalue weighted by atomic mass is 10.0. The van der Waals surface area contributed by atoms with Crippen molar-refractivity contribution in [3.05, 3.63) is 78.3 Å². The number of carbonyl (C=O) groups excluding carboxylic acids is 2. The van der Waals surface area contributed by atoms with Crippen LogP contribution in [0.3, 0.4) is 0 Å². The Bertz CT molecular complexity index is 1500. The van der Waals surface area contributed by atoms with E-state index >= 15 is 0 Å². The first kappa shape index (κ1) is 32.2. The minimum absolute atomic E-state index is 0.0997. The molecule has 0 bridgehead atoms. The molecule has 11 nitrogen and oxygen atoms in total. The maximum absolute atomic E-state index is 13.9. The van der Waals surface area contributed by atoms with Crippen LogP contribution in [0.1, 0.15) is 31.2 Å². The number of halogens is 2. The van der Waals surface area contributed by atoms with Crippen molar-refractivity contribution in [3.63, 3.8) is 0 Å². The molecule has 1 fully saturated rings. The van der Waals surface area contributed by atoms with Crippen LogP contribution in [0.15, 0.2) is 66.1 Å². The predicted octanol–water partition coefficient (Wildman–Crippen LogP) is 1.95. The fourth-order valence-electron chi connectivity index (χ4n) is 4.88. The molecule has 4 N–H and O–H groups in total. The summed E-state index contributed by atoms with van der Waals surface area (Å²) in [5, 5.41) is 19.6. The number of imidazole rings is 1. The predicted molar refractivity (Wildman–Crippen MR) is 155 cm³/mol. The number of carbonyl (C=O) groups is 2. The maximum Gasteiger partial charge on any atom is 0.262 e. The van der Waals surface area contributed by atoms with Crippen molar-refractivity contribution < 1.29 is 31.9 Å². The van der Waals surface area contributed by atoms with Crippen molar-refractivity contribution >= 4 is 27.5 Å². The standard InChI is InChI=1S/C29H36F2N6O5S/c1-36-18-29(33-19-36)43(41,42)37(16-22-8-5-13-32-22)17-26(38)25(14-20-6-3-2-4-7-20)35-28(40)12-11-27(39)34-24-10-9-21(30)15-23(24)31/h2-4,6-7,9-10,15,18-19,22,25-26,32,38H,5,8,11-14,16-17H2,1H3,(H,34,39)(H,35,40)/t22-,25?,26?/m1/s1. The summed E-state index contributed by atoms with van der Waals surface area (Å²) in [6.07, 6.45) is 2.75. The van der Waals surface area contributed by atoms with E-state index in [0.29, 0.717) is 6.07 Å². The molecule has 2 aromatic carbocycles. The first-order valence-corrected chi connectivity index (χ1v) is 15.4. The van der Waals surface area contributed by atoms with Gasteiger partial charge in [0.2, 0.25) is 11.8 Å². The fourth-order valence-corrected chi connectivity index (χ4v) is 6.35. The Labute approximate surface area is 249 Å². The highest BCUT2D eigenvalue weighted by Gasteiger charge is 2.34. The first-order valence-electron chi connectivity index (χ1n) is 14.0. The average molecular weight is 619 g/mol. The van der Waals surface area contributed by atoms with Crippen LogP contribution >= 0.6 is 0 Å². The Morgan fingerprint density at radius 1 is 1.16 bits per heavy atom. The van der Waals surface area contributed by atoms with E-state index in [1.165, 1.54) is 21.4 Å². The van der Waals surface area contributed by atoms with E-state index in [0.717, 1.165) is 37.1 Å². The number of sulfonamides is 1. The van der Waals surface area contributed by atoms with E-state index in [4.69, 9.17) is 0 Å². The zero-order valence-corrected chi connectivity index (χ0v) is 24.6. The summed E-state index contributed by atoms with van der Waals surface area (Å²) in [5.74, 6) is -2.95. The molecule has 0 spiro atoms. The van der Waals surface area contributed by atoms with Gasteiger partial charge in [-0.05, 0) is 43.5 Å². The van der Waals surface area contributed by atoms with Crippen molar-refractivity contribution in [1.29, 1.82) is 0 Å². The molecule has 232 valence electrons. The van der Waals surface area contributed by atoms with Gasteiger partial charge in [-0.15, -0.1) is 0 Å². The van der Waals surface area contributed by atoms with Gasteiger partial charge >= 0.3 is 0 Å². The lowest BCUT2D eigenvalue weighted by molar-refractivity contribution is -0.125. The molecule has 1 aliphatic rings. The van der Waals surface area contributed by atoms with Crippen molar-refractivity contribution in [2.24, 2.45) is 7.05 Å². The molecule has 1 saturated heterocycles. The number of aromatic nitrogens is 2. The SMILES string of the molecule is Cn1cnc(S(=O)(=O)N(CC(O)C(Cc2ccccc2)NC(=O)CCC(=O)Nc2ccc(F)cc2F)C[C@H]2CCCN2)c1. The molecule has 4 rings (SSSR count). The number of hydrogen-bond acceptors (Lipinski definition) is 7. The van der Waals surface area contributed by atoms with Crippen molar-refractivity contribution in [1.82, 2.24) is 24.5 Å². The van der Waals surface area contributed by atoms with Gasteiger partial charge in [0.15, 0.2) is 5.03 Å². The molecule has 3 atom stereocenters. The van der Waals surface area contributed by atoms with Gasteiger partial charge in [0.25, 0.3) is 10.0 Å². The van der Waals surface area contributed by atoms with E-state index in [9.17, 15) is 31.9 Å². The van der Waals surface area contributed by atoms with Gasteiger partial charge in [-0.25, -0.2) is 22.2 Å². The fraction of sp³-hybridized carbons (Fsp3) is 0.414.